The molecule has 0 bridgehead atoms. The molecule has 3 rings (SSSR count). The highest BCUT2D eigenvalue weighted by molar-refractivity contribution is 5.72. The Hall–Kier alpha value is -2.11. The Bertz CT molecular complexity index is 750. The predicted octanol–water partition coefficient (Wildman–Crippen LogP) is 4.12. The van der Waals surface area contributed by atoms with E-state index in [1.165, 1.54) is 18.7 Å². The summed E-state index contributed by atoms with van der Waals surface area (Å²) in [6.07, 6.45) is 2.56. The molecule has 0 amide bonds. The average Bonchev–Trinajstić information content (AvgIpc) is 2.68. The lowest BCUT2D eigenvalue weighted by Gasteiger charge is -2.32. The summed E-state index contributed by atoms with van der Waals surface area (Å²) in [5, 5.41) is 0. The van der Waals surface area contributed by atoms with Gasteiger partial charge >= 0.3 is 0 Å². The van der Waals surface area contributed by atoms with Crippen LogP contribution in [0.3, 0.4) is 0 Å². The SMILES string of the molecule is COc1ccc(-c2cc(CN3CCCC(OC)C3)ccc2OC)cc1F. The standard InChI is InChI=1S/C21H26FNO3/c1-24-17-5-4-10-23(14-17)13-15-6-8-20(25-2)18(11-15)16-7-9-21(26-3)19(22)12-16/h6-9,11-12,17H,4-5,10,13-14H2,1-3H3. The molecule has 1 heterocycles. The van der Waals surface area contributed by atoms with Gasteiger partial charge < -0.3 is 14.2 Å². The fourth-order valence-corrected chi connectivity index (χ4v) is 3.52. The molecule has 140 valence electrons. The number of methoxy groups -OCH3 is 3. The van der Waals surface area contributed by atoms with Crippen LogP contribution in [0.2, 0.25) is 0 Å². The first kappa shape index (κ1) is 18.7. The molecule has 5 heteroatoms. The molecule has 2 aromatic carbocycles. The Balaban J connectivity index is 1.86. The Kier molecular flexibility index (Phi) is 6.12. The van der Waals surface area contributed by atoms with E-state index in [0.717, 1.165) is 49.4 Å². The Morgan fingerprint density at radius 1 is 1.04 bits per heavy atom. The Morgan fingerprint density at radius 3 is 2.50 bits per heavy atom. The van der Waals surface area contributed by atoms with E-state index in [1.54, 1.807) is 20.3 Å². The van der Waals surface area contributed by atoms with E-state index in [2.05, 4.69) is 17.0 Å². The number of likely N-dealkylation sites (tertiary alicyclic amines) is 1. The van der Waals surface area contributed by atoms with Crippen molar-refractivity contribution in [1.29, 1.82) is 0 Å². The maximum absolute atomic E-state index is 14.1. The minimum Gasteiger partial charge on any atom is -0.496 e. The molecule has 4 nitrogen and oxygen atoms in total. The topological polar surface area (TPSA) is 30.9 Å². The van der Waals surface area contributed by atoms with Crippen LogP contribution in [0, 0.1) is 5.82 Å². The van der Waals surface area contributed by atoms with E-state index in [1.807, 2.05) is 12.1 Å². The van der Waals surface area contributed by atoms with Gasteiger partial charge in [0.2, 0.25) is 0 Å². The van der Waals surface area contributed by atoms with Crippen LogP contribution in [0.1, 0.15) is 18.4 Å². The van der Waals surface area contributed by atoms with E-state index in [-0.39, 0.29) is 11.6 Å². The van der Waals surface area contributed by atoms with Crippen molar-refractivity contribution in [3.8, 4) is 22.6 Å². The molecule has 1 saturated heterocycles. The van der Waals surface area contributed by atoms with Gasteiger partial charge in [-0.3, -0.25) is 4.90 Å². The summed E-state index contributed by atoms with van der Waals surface area (Å²) in [4.78, 5) is 2.40. The van der Waals surface area contributed by atoms with Crippen LogP contribution < -0.4 is 9.47 Å². The molecule has 0 N–H and O–H groups in total. The van der Waals surface area contributed by atoms with Gasteiger partial charge in [0.25, 0.3) is 0 Å². The highest BCUT2D eigenvalue weighted by Crippen LogP contribution is 2.33. The lowest BCUT2D eigenvalue weighted by molar-refractivity contribution is 0.0285. The smallest absolute Gasteiger partial charge is 0.165 e. The molecule has 1 aliphatic rings. The van der Waals surface area contributed by atoms with Gasteiger partial charge in [-0.15, -0.1) is 0 Å². The number of nitrogens with zero attached hydrogens (tertiary/aromatic N) is 1. The minimum atomic E-state index is -0.378. The zero-order chi connectivity index (χ0) is 18.5. The Labute approximate surface area is 154 Å². The molecule has 1 unspecified atom stereocenters. The lowest BCUT2D eigenvalue weighted by Crippen LogP contribution is -2.38. The highest BCUT2D eigenvalue weighted by atomic mass is 19.1. The van der Waals surface area contributed by atoms with Gasteiger partial charge in [-0.2, -0.15) is 0 Å². The number of hydrogen-bond acceptors (Lipinski definition) is 4. The molecule has 0 aromatic heterocycles. The first-order valence-electron chi connectivity index (χ1n) is 8.90. The van der Waals surface area contributed by atoms with Gasteiger partial charge in [-0.1, -0.05) is 12.1 Å². The second-order valence-corrected chi connectivity index (χ2v) is 6.62. The summed E-state index contributed by atoms with van der Waals surface area (Å²) in [5.41, 5.74) is 2.83. The van der Waals surface area contributed by atoms with E-state index in [0.29, 0.717) is 6.10 Å². The second-order valence-electron chi connectivity index (χ2n) is 6.62. The maximum Gasteiger partial charge on any atom is 0.165 e. The largest absolute Gasteiger partial charge is 0.496 e. The van der Waals surface area contributed by atoms with Crippen molar-refractivity contribution >= 4 is 0 Å². The molecule has 26 heavy (non-hydrogen) atoms. The van der Waals surface area contributed by atoms with E-state index < -0.39 is 0 Å². The van der Waals surface area contributed by atoms with Gasteiger partial charge in [0.15, 0.2) is 11.6 Å². The maximum atomic E-state index is 14.1. The van der Waals surface area contributed by atoms with Crippen LogP contribution in [0.15, 0.2) is 36.4 Å². The molecule has 1 aliphatic heterocycles. The molecule has 1 fully saturated rings. The molecule has 1 atom stereocenters. The zero-order valence-electron chi connectivity index (χ0n) is 15.6. The molecule has 2 aromatic rings. The summed E-state index contributed by atoms with van der Waals surface area (Å²) in [5.74, 6) is 0.589. The van der Waals surface area contributed by atoms with Crippen molar-refractivity contribution < 1.29 is 18.6 Å². The summed E-state index contributed by atoms with van der Waals surface area (Å²) in [6.45, 7) is 2.85. The summed E-state index contributed by atoms with van der Waals surface area (Å²) in [6, 6.07) is 11.1. The molecule has 0 radical (unpaired) electrons. The zero-order valence-corrected chi connectivity index (χ0v) is 15.6. The molecule has 0 spiro atoms. The van der Waals surface area contributed by atoms with Gasteiger partial charge in [0.05, 0.1) is 20.3 Å². The molecule has 0 saturated carbocycles. The van der Waals surface area contributed by atoms with Crippen molar-refractivity contribution in [3.05, 3.63) is 47.8 Å². The first-order chi connectivity index (χ1) is 12.6. The third-order valence-electron chi connectivity index (χ3n) is 4.93. The monoisotopic (exact) mass is 359 g/mol. The lowest BCUT2D eigenvalue weighted by atomic mass is 10.0. The fraction of sp³-hybridized carbons (Fsp3) is 0.429. The van der Waals surface area contributed by atoms with Crippen molar-refractivity contribution in [2.75, 3.05) is 34.4 Å². The first-order valence-corrected chi connectivity index (χ1v) is 8.90. The van der Waals surface area contributed by atoms with E-state index in [9.17, 15) is 4.39 Å². The second kappa shape index (κ2) is 8.52. The van der Waals surface area contributed by atoms with E-state index >= 15 is 0 Å². The predicted molar refractivity (Wildman–Crippen MR) is 100 cm³/mol. The fourth-order valence-electron chi connectivity index (χ4n) is 3.52. The summed E-state index contributed by atoms with van der Waals surface area (Å²) >= 11 is 0. The number of piperidine rings is 1. The number of ether oxygens (including phenoxy) is 3. The van der Waals surface area contributed by atoms with Crippen molar-refractivity contribution in [2.24, 2.45) is 0 Å². The molecule has 0 aliphatic carbocycles. The Morgan fingerprint density at radius 2 is 1.81 bits per heavy atom. The van der Waals surface area contributed by atoms with Gasteiger partial charge in [0, 0.05) is 25.8 Å². The molecular formula is C21H26FNO3. The third-order valence-corrected chi connectivity index (χ3v) is 4.93. The van der Waals surface area contributed by atoms with Crippen LogP contribution in [0.4, 0.5) is 4.39 Å². The number of halogens is 1. The van der Waals surface area contributed by atoms with Gasteiger partial charge in [-0.05, 0) is 54.8 Å². The molecular weight excluding hydrogens is 333 g/mol. The van der Waals surface area contributed by atoms with Crippen LogP contribution in [-0.4, -0.2) is 45.4 Å². The van der Waals surface area contributed by atoms with Gasteiger partial charge in [0.1, 0.15) is 5.75 Å². The van der Waals surface area contributed by atoms with Crippen LogP contribution in [0.5, 0.6) is 11.5 Å². The normalized spacial score (nSPS) is 17.9. The van der Waals surface area contributed by atoms with Crippen molar-refractivity contribution in [2.45, 2.75) is 25.5 Å². The number of rotatable bonds is 6. The van der Waals surface area contributed by atoms with Crippen molar-refractivity contribution in [1.82, 2.24) is 4.90 Å². The van der Waals surface area contributed by atoms with E-state index in [4.69, 9.17) is 14.2 Å². The van der Waals surface area contributed by atoms with Gasteiger partial charge in [-0.25, -0.2) is 4.39 Å². The van der Waals surface area contributed by atoms with Crippen LogP contribution in [0.25, 0.3) is 11.1 Å². The van der Waals surface area contributed by atoms with Crippen molar-refractivity contribution in [3.63, 3.8) is 0 Å². The summed E-state index contributed by atoms with van der Waals surface area (Å²) < 4.78 is 30.1. The third kappa shape index (κ3) is 4.17. The quantitative estimate of drug-likeness (QED) is 0.776. The average molecular weight is 359 g/mol. The minimum absolute atomic E-state index is 0.239. The summed E-state index contributed by atoms with van der Waals surface area (Å²) in [7, 11) is 4.87. The van der Waals surface area contributed by atoms with Crippen LogP contribution >= 0.6 is 0 Å². The highest BCUT2D eigenvalue weighted by Gasteiger charge is 2.20. The number of benzene rings is 2. The number of hydrogen-bond donors (Lipinski definition) is 0. The van der Waals surface area contributed by atoms with Crippen LogP contribution in [-0.2, 0) is 11.3 Å².